The molecule has 2 aliphatic heterocycles. The third-order valence-electron chi connectivity index (χ3n) is 5.56. The van der Waals surface area contributed by atoms with Crippen LogP contribution >= 0.6 is 11.8 Å². The van der Waals surface area contributed by atoms with Crippen molar-refractivity contribution in [2.24, 2.45) is 5.92 Å². The van der Waals surface area contributed by atoms with E-state index in [1.807, 2.05) is 30.3 Å². The molecule has 0 radical (unpaired) electrons. The summed E-state index contributed by atoms with van der Waals surface area (Å²) in [4.78, 5) is 26.0. The van der Waals surface area contributed by atoms with Gasteiger partial charge in [0.1, 0.15) is 11.2 Å². The van der Waals surface area contributed by atoms with E-state index in [4.69, 9.17) is 4.74 Å². The van der Waals surface area contributed by atoms with Crippen molar-refractivity contribution in [3.8, 4) is 5.75 Å². The summed E-state index contributed by atoms with van der Waals surface area (Å²) in [6.07, 6.45) is 3.80. The van der Waals surface area contributed by atoms with Gasteiger partial charge in [0.2, 0.25) is 5.91 Å². The van der Waals surface area contributed by atoms with Gasteiger partial charge in [-0.25, -0.2) is 0 Å². The first kappa shape index (κ1) is 19.1. The summed E-state index contributed by atoms with van der Waals surface area (Å²) in [5, 5.41) is 10.0. The van der Waals surface area contributed by atoms with Crippen molar-refractivity contribution in [1.29, 1.82) is 0 Å². The summed E-state index contributed by atoms with van der Waals surface area (Å²) in [5.41, 5.74) is 2.48. The lowest BCUT2D eigenvalue weighted by atomic mass is 9.70. The number of Topliss-reactive ketones (excluding diaryl/α,β-unsaturated/α-hetero) is 1. The summed E-state index contributed by atoms with van der Waals surface area (Å²) in [6, 6.07) is 7.70. The molecule has 4 atom stereocenters. The van der Waals surface area contributed by atoms with Crippen molar-refractivity contribution in [1.82, 2.24) is 16.0 Å². The number of allylic oxidation sites excluding steroid dienone is 2. The fourth-order valence-corrected chi connectivity index (χ4v) is 5.14. The molecule has 1 saturated heterocycles. The molecule has 6 nitrogen and oxygen atoms in total. The molecule has 1 amide bonds. The summed E-state index contributed by atoms with van der Waals surface area (Å²) >= 11 is 1.59. The number of rotatable bonds is 5. The Morgan fingerprint density at radius 3 is 2.93 bits per heavy atom. The summed E-state index contributed by atoms with van der Waals surface area (Å²) in [6.45, 7) is 3.74. The molecule has 28 heavy (non-hydrogen) atoms. The minimum Gasteiger partial charge on any atom is -0.497 e. The van der Waals surface area contributed by atoms with E-state index in [1.165, 1.54) is 0 Å². The highest BCUT2D eigenvalue weighted by molar-refractivity contribution is 7.99. The number of benzene rings is 1. The number of amides is 1. The third-order valence-corrected chi connectivity index (χ3v) is 6.57. The molecule has 1 aliphatic carbocycles. The Bertz CT molecular complexity index is 838. The fourth-order valence-electron chi connectivity index (χ4n) is 4.37. The first-order valence-electron chi connectivity index (χ1n) is 9.58. The van der Waals surface area contributed by atoms with Crippen LogP contribution in [-0.2, 0) is 9.59 Å². The van der Waals surface area contributed by atoms with Gasteiger partial charge in [-0.1, -0.05) is 18.2 Å². The maximum Gasteiger partial charge on any atom is 0.229 e. The van der Waals surface area contributed by atoms with Gasteiger partial charge in [-0.2, -0.15) is 0 Å². The van der Waals surface area contributed by atoms with Gasteiger partial charge in [-0.15, -0.1) is 18.3 Å². The van der Waals surface area contributed by atoms with Gasteiger partial charge in [-0.05, 0) is 30.5 Å². The van der Waals surface area contributed by atoms with Crippen molar-refractivity contribution in [2.45, 2.75) is 36.8 Å². The highest BCUT2D eigenvalue weighted by atomic mass is 32.2. The number of methoxy groups -OCH3 is 1. The Kier molecular flexibility index (Phi) is 5.46. The molecule has 0 spiro atoms. The molecule has 1 aromatic carbocycles. The molecule has 0 aromatic heterocycles. The van der Waals surface area contributed by atoms with E-state index in [0.717, 1.165) is 41.2 Å². The highest BCUT2D eigenvalue weighted by Gasteiger charge is 2.49. The molecule has 1 fully saturated rings. The zero-order valence-electron chi connectivity index (χ0n) is 15.9. The van der Waals surface area contributed by atoms with Gasteiger partial charge in [0.05, 0.1) is 19.2 Å². The molecule has 7 heteroatoms. The van der Waals surface area contributed by atoms with Crippen LogP contribution < -0.4 is 20.7 Å². The maximum absolute atomic E-state index is 13.1. The van der Waals surface area contributed by atoms with Crippen LogP contribution in [0, 0.1) is 5.92 Å². The summed E-state index contributed by atoms with van der Waals surface area (Å²) in [5.74, 6) is 0.852. The Morgan fingerprint density at radius 1 is 1.29 bits per heavy atom. The van der Waals surface area contributed by atoms with Crippen LogP contribution in [0.3, 0.4) is 0 Å². The number of fused-ring (bicyclic) bond motifs is 1. The number of ketones is 1. The predicted octanol–water partition coefficient (Wildman–Crippen LogP) is 2.25. The molecule has 2 heterocycles. The molecule has 0 bridgehead atoms. The molecule has 1 aromatic rings. The minimum atomic E-state index is -0.409. The van der Waals surface area contributed by atoms with E-state index in [1.54, 1.807) is 18.9 Å². The number of thioether (sulfide) groups is 1. The Labute approximate surface area is 169 Å². The minimum absolute atomic E-state index is 0.0458. The first-order chi connectivity index (χ1) is 13.6. The van der Waals surface area contributed by atoms with Crippen LogP contribution in [0.1, 0.15) is 30.7 Å². The van der Waals surface area contributed by atoms with Gasteiger partial charge in [0, 0.05) is 29.4 Å². The monoisotopic (exact) mass is 399 g/mol. The van der Waals surface area contributed by atoms with Crippen molar-refractivity contribution >= 4 is 23.5 Å². The van der Waals surface area contributed by atoms with Crippen molar-refractivity contribution < 1.29 is 14.3 Å². The lowest BCUT2D eigenvalue weighted by Crippen LogP contribution is -2.67. The smallest absolute Gasteiger partial charge is 0.229 e. The number of carbonyl (C=O) groups is 2. The van der Waals surface area contributed by atoms with Crippen LogP contribution in [0.25, 0.3) is 0 Å². The molecule has 148 valence electrons. The van der Waals surface area contributed by atoms with E-state index in [9.17, 15) is 9.59 Å². The van der Waals surface area contributed by atoms with E-state index >= 15 is 0 Å². The molecule has 4 unspecified atom stereocenters. The van der Waals surface area contributed by atoms with E-state index < -0.39 is 5.92 Å². The van der Waals surface area contributed by atoms with Crippen LogP contribution in [0.4, 0.5) is 0 Å². The molecular weight excluding hydrogens is 374 g/mol. The Hall–Kier alpha value is -2.25. The van der Waals surface area contributed by atoms with Crippen molar-refractivity contribution in [3.05, 3.63) is 53.8 Å². The summed E-state index contributed by atoms with van der Waals surface area (Å²) < 4.78 is 5.39. The third kappa shape index (κ3) is 3.44. The topological polar surface area (TPSA) is 79.5 Å². The normalized spacial score (nSPS) is 29.3. The molecule has 3 N–H and O–H groups in total. The Morgan fingerprint density at radius 2 is 2.14 bits per heavy atom. The van der Waals surface area contributed by atoms with Crippen LogP contribution in [0.15, 0.2) is 48.2 Å². The SMILES string of the molecule is C=CCSC1NC(=O)C2C(NC3=C(C(=O)CCC3)C2c2cccc(OC)c2)N1. The average Bonchev–Trinajstić information content (AvgIpc) is 2.71. The largest absolute Gasteiger partial charge is 0.497 e. The van der Waals surface area contributed by atoms with Gasteiger partial charge in [-0.3, -0.25) is 14.9 Å². The zero-order chi connectivity index (χ0) is 19.7. The van der Waals surface area contributed by atoms with Gasteiger partial charge in [0.25, 0.3) is 0 Å². The van der Waals surface area contributed by atoms with Gasteiger partial charge >= 0.3 is 0 Å². The Balaban J connectivity index is 1.75. The lowest BCUT2D eigenvalue weighted by Gasteiger charge is -2.47. The first-order valence-corrected chi connectivity index (χ1v) is 10.6. The van der Waals surface area contributed by atoms with E-state index in [0.29, 0.717) is 6.42 Å². The van der Waals surface area contributed by atoms with Crippen LogP contribution in [-0.4, -0.2) is 36.2 Å². The maximum atomic E-state index is 13.1. The second-order valence-electron chi connectivity index (χ2n) is 7.25. The quantitative estimate of drug-likeness (QED) is 0.659. The van der Waals surface area contributed by atoms with E-state index in [-0.39, 0.29) is 29.3 Å². The van der Waals surface area contributed by atoms with Crippen LogP contribution in [0.2, 0.25) is 0 Å². The van der Waals surface area contributed by atoms with Crippen molar-refractivity contribution in [3.63, 3.8) is 0 Å². The number of ether oxygens (including phenoxy) is 1. The second kappa shape index (κ2) is 8.01. The molecule has 4 rings (SSSR count). The van der Waals surface area contributed by atoms with Gasteiger partial charge in [0.15, 0.2) is 5.78 Å². The van der Waals surface area contributed by atoms with E-state index in [2.05, 4.69) is 22.5 Å². The van der Waals surface area contributed by atoms with Crippen molar-refractivity contribution in [2.75, 3.05) is 12.9 Å². The number of carbonyl (C=O) groups excluding carboxylic acids is 2. The number of hydrogen-bond donors (Lipinski definition) is 3. The van der Waals surface area contributed by atoms with Crippen LogP contribution in [0.5, 0.6) is 5.75 Å². The highest BCUT2D eigenvalue weighted by Crippen LogP contribution is 2.44. The molecule has 0 saturated carbocycles. The number of hydrogen-bond acceptors (Lipinski definition) is 6. The second-order valence-corrected chi connectivity index (χ2v) is 8.39. The zero-order valence-corrected chi connectivity index (χ0v) is 16.7. The predicted molar refractivity (Wildman–Crippen MR) is 110 cm³/mol. The molecule has 3 aliphatic rings. The lowest BCUT2D eigenvalue weighted by molar-refractivity contribution is -0.130. The van der Waals surface area contributed by atoms with Gasteiger partial charge < -0.3 is 15.4 Å². The summed E-state index contributed by atoms with van der Waals surface area (Å²) in [7, 11) is 1.62. The average molecular weight is 400 g/mol. The number of nitrogens with one attached hydrogen (secondary N) is 3. The fraction of sp³-hybridized carbons (Fsp3) is 0.429. The molecular formula is C21H25N3O3S. The standard InChI is InChI=1S/C21H25N3O3S/c1-3-10-28-21-23-19-18(20(26)24-21)16(12-6-4-7-13(11-12)27-2)17-14(22-19)8-5-9-15(17)25/h3-4,6-7,11,16,18-19,21-23H,1,5,8-10H2,2H3,(H,24,26).